The summed E-state index contributed by atoms with van der Waals surface area (Å²) in [6, 6.07) is 3.30. The van der Waals surface area contributed by atoms with E-state index >= 15 is 0 Å². The number of hydrogen-bond acceptors (Lipinski definition) is 3. The van der Waals surface area contributed by atoms with Gasteiger partial charge in [0.25, 0.3) is 0 Å². The molecule has 0 spiro atoms. The van der Waals surface area contributed by atoms with Crippen molar-refractivity contribution in [3.8, 4) is 5.69 Å². The second kappa shape index (κ2) is 8.01. The number of halogens is 2. The Labute approximate surface area is 173 Å². The third kappa shape index (κ3) is 3.74. The number of rotatable bonds is 5. The van der Waals surface area contributed by atoms with E-state index < -0.39 is 11.6 Å². The molecule has 3 aromatic rings. The summed E-state index contributed by atoms with van der Waals surface area (Å²) in [5, 5.41) is 11.8. The Hall–Kier alpha value is -3.03. The molecule has 1 aliphatic carbocycles. The first-order chi connectivity index (χ1) is 14.3. The van der Waals surface area contributed by atoms with Crippen LogP contribution < -0.4 is 5.32 Å². The fourth-order valence-electron chi connectivity index (χ4n) is 4.25. The molecule has 1 aliphatic rings. The van der Waals surface area contributed by atoms with Gasteiger partial charge in [-0.05, 0) is 57.2 Å². The van der Waals surface area contributed by atoms with Crippen LogP contribution in [0.1, 0.15) is 53.5 Å². The van der Waals surface area contributed by atoms with Crippen molar-refractivity contribution in [1.82, 2.24) is 24.9 Å². The molecule has 2 aromatic heterocycles. The van der Waals surface area contributed by atoms with Gasteiger partial charge in [-0.15, -0.1) is 0 Å². The minimum absolute atomic E-state index is 0.0313. The van der Waals surface area contributed by atoms with Crippen LogP contribution in [0.3, 0.4) is 0 Å². The number of fused-ring (bicyclic) bond motifs is 1. The largest absolute Gasteiger partial charge is 0.349 e. The summed E-state index contributed by atoms with van der Waals surface area (Å²) in [6.07, 6.45) is 5.08. The SMILES string of the molecule is Cc1nn(C)c(C)c1CCC(=O)NC1CCCc2c1cnn2-c1ccc(F)cc1F. The maximum absolute atomic E-state index is 14.2. The first-order valence-electron chi connectivity index (χ1n) is 10.2. The van der Waals surface area contributed by atoms with E-state index in [2.05, 4.69) is 15.5 Å². The molecule has 30 heavy (non-hydrogen) atoms. The van der Waals surface area contributed by atoms with Crippen molar-refractivity contribution in [2.75, 3.05) is 0 Å². The van der Waals surface area contributed by atoms with Crippen LogP contribution in [0.2, 0.25) is 0 Å². The highest BCUT2D eigenvalue weighted by Gasteiger charge is 2.27. The van der Waals surface area contributed by atoms with E-state index in [1.54, 1.807) is 6.20 Å². The van der Waals surface area contributed by atoms with Gasteiger partial charge in [0.15, 0.2) is 5.82 Å². The fourth-order valence-corrected chi connectivity index (χ4v) is 4.25. The number of carbonyl (C=O) groups excluding carboxylic acids is 1. The van der Waals surface area contributed by atoms with Gasteiger partial charge in [-0.3, -0.25) is 9.48 Å². The highest BCUT2D eigenvalue weighted by atomic mass is 19.1. The lowest BCUT2D eigenvalue weighted by Crippen LogP contribution is -2.31. The summed E-state index contributed by atoms with van der Waals surface area (Å²) in [7, 11) is 1.90. The Morgan fingerprint density at radius 3 is 2.80 bits per heavy atom. The van der Waals surface area contributed by atoms with Crippen molar-refractivity contribution in [2.45, 2.75) is 52.0 Å². The lowest BCUT2D eigenvalue weighted by atomic mass is 9.92. The van der Waals surface area contributed by atoms with Crippen LogP contribution in [0.15, 0.2) is 24.4 Å². The smallest absolute Gasteiger partial charge is 0.220 e. The molecule has 158 valence electrons. The molecule has 1 N–H and O–H groups in total. The third-order valence-electron chi connectivity index (χ3n) is 5.92. The molecule has 0 saturated heterocycles. The monoisotopic (exact) mass is 413 g/mol. The highest BCUT2D eigenvalue weighted by molar-refractivity contribution is 5.77. The Bertz CT molecular complexity index is 1100. The number of aromatic nitrogens is 4. The molecule has 1 aromatic carbocycles. The average molecular weight is 413 g/mol. The van der Waals surface area contributed by atoms with E-state index in [9.17, 15) is 13.6 Å². The van der Waals surface area contributed by atoms with Gasteiger partial charge < -0.3 is 5.32 Å². The molecule has 1 amide bonds. The molecule has 8 heteroatoms. The van der Waals surface area contributed by atoms with Gasteiger partial charge in [-0.1, -0.05) is 0 Å². The predicted octanol–water partition coefficient (Wildman–Crippen LogP) is 3.63. The molecule has 0 aliphatic heterocycles. The number of hydrogen-bond donors (Lipinski definition) is 1. The van der Waals surface area contributed by atoms with Crippen molar-refractivity contribution >= 4 is 5.91 Å². The molecule has 6 nitrogen and oxygen atoms in total. The second-order valence-corrected chi connectivity index (χ2v) is 7.84. The number of aryl methyl sites for hydroxylation is 2. The molecule has 0 saturated carbocycles. The Balaban J connectivity index is 1.48. The third-order valence-corrected chi connectivity index (χ3v) is 5.92. The molecular weight excluding hydrogens is 388 g/mol. The maximum atomic E-state index is 14.2. The molecule has 1 unspecified atom stereocenters. The zero-order valence-electron chi connectivity index (χ0n) is 17.4. The van der Waals surface area contributed by atoms with Crippen LogP contribution in [0.4, 0.5) is 8.78 Å². The summed E-state index contributed by atoms with van der Waals surface area (Å²) in [4.78, 5) is 12.6. The van der Waals surface area contributed by atoms with Crippen LogP contribution in [-0.4, -0.2) is 25.5 Å². The number of amides is 1. The van der Waals surface area contributed by atoms with Crippen LogP contribution in [0.25, 0.3) is 5.69 Å². The van der Waals surface area contributed by atoms with Gasteiger partial charge in [-0.25, -0.2) is 13.5 Å². The van der Waals surface area contributed by atoms with Gasteiger partial charge in [0, 0.05) is 36.5 Å². The minimum Gasteiger partial charge on any atom is -0.349 e. The van der Waals surface area contributed by atoms with Crippen molar-refractivity contribution < 1.29 is 13.6 Å². The molecule has 4 rings (SSSR count). The zero-order chi connectivity index (χ0) is 21.4. The maximum Gasteiger partial charge on any atom is 0.220 e. The number of benzene rings is 1. The zero-order valence-corrected chi connectivity index (χ0v) is 17.4. The first-order valence-corrected chi connectivity index (χ1v) is 10.2. The topological polar surface area (TPSA) is 64.7 Å². The van der Waals surface area contributed by atoms with E-state index in [4.69, 9.17) is 0 Å². The summed E-state index contributed by atoms with van der Waals surface area (Å²) in [6.45, 7) is 3.96. The van der Waals surface area contributed by atoms with Crippen LogP contribution in [0, 0.1) is 25.5 Å². The Kier molecular flexibility index (Phi) is 5.40. The van der Waals surface area contributed by atoms with Gasteiger partial charge in [-0.2, -0.15) is 10.2 Å². The fraction of sp³-hybridized carbons (Fsp3) is 0.409. The van der Waals surface area contributed by atoms with Crippen LogP contribution >= 0.6 is 0 Å². The summed E-state index contributed by atoms with van der Waals surface area (Å²) >= 11 is 0. The lowest BCUT2D eigenvalue weighted by molar-refractivity contribution is -0.121. The Morgan fingerprint density at radius 1 is 1.30 bits per heavy atom. The standard InChI is InChI=1S/C22H25F2N5O/c1-13-16(14(2)28(3)27-13)8-10-22(30)26-19-5-4-6-20-17(19)12-25-29(20)21-9-7-15(23)11-18(21)24/h7,9,11-12,19H,4-6,8,10H2,1-3H3,(H,26,30). The van der Waals surface area contributed by atoms with Gasteiger partial charge in [0.2, 0.25) is 5.91 Å². The minimum atomic E-state index is -0.658. The van der Waals surface area contributed by atoms with E-state index in [1.807, 2.05) is 25.6 Å². The Morgan fingerprint density at radius 2 is 2.10 bits per heavy atom. The molecule has 0 bridgehead atoms. The van der Waals surface area contributed by atoms with Gasteiger partial charge >= 0.3 is 0 Å². The summed E-state index contributed by atoms with van der Waals surface area (Å²) in [5.41, 5.74) is 5.10. The lowest BCUT2D eigenvalue weighted by Gasteiger charge is -2.24. The average Bonchev–Trinajstić information content (AvgIpc) is 3.22. The van der Waals surface area contributed by atoms with Crippen molar-refractivity contribution in [3.05, 3.63) is 64.2 Å². The molecule has 0 fully saturated rings. The highest BCUT2D eigenvalue weighted by Crippen LogP contribution is 2.31. The first kappa shape index (κ1) is 20.3. The van der Waals surface area contributed by atoms with Crippen molar-refractivity contribution in [1.29, 1.82) is 0 Å². The van der Waals surface area contributed by atoms with E-state index in [1.165, 1.54) is 16.8 Å². The normalized spacial score (nSPS) is 15.8. The molecule has 1 atom stereocenters. The number of carbonyl (C=O) groups is 1. The summed E-state index contributed by atoms with van der Waals surface area (Å²) < 4.78 is 30.9. The molecular formula is C22H25F2N5O. The van der Waals surface area contributed by atoms with E-state index in [0.717, 1.165) is 53.5 Å². The quantitative estimate of drug-likeness (QED) is 0.695. The van der Waals surface area contributed by atoms with Crippen molar-refractivity contribution in [3.63, 3.8) is 0 Å². The predicted molar refractivity (Wildman–Crippen MR) is 108 cm³/mol. The van der Waals surface area contributed by atoms with Crippen LogP contribution in [0.5, 0.6) is 0 Å². The molecule has 2 heterocycles. The summed E-state index contributed by atoms with van der Waals surface area (Å²) in [5.74, 6) is -1.31. The molecule has 0 radical (unpaired) electrons. The van der Waals surface area contributed by atoms with Gasteiger partial charge in [0.1, 0.15) is 11.5 Å². The number of nitrogens with zero attached hydrogens (tertiary/aromatic N) is 4. The van der Waals surface area contributed by atoms with Crippen molar-refractivity contribution in [2.24, 2.45) is 7.05 Å². The number of nitrogens with one attached hydrogen (secondary N) is 1. The van der Waals surface area contributed by atoms with E-state index in [-0.39, 0.29) is 17.6 Å². The van der Waals surface area contributed by atoms with E-state index in [0.29, 0.717) is 12.8 Å². The van der Waals surface area contributed by atoms with Gasteiger partial charge in [0.05, 0.1) is 17.9 Å². The second-order valence-electron chi connectivity index (χ2n) is 7.84. The van der Waals surface area contributed by atoms with Crippen LogP contribution in [-0.2, 0) is 24.7 Å².